The second kappa shape index (κ2) is 5.32. The third-order valence-corrected chi connectivity index (χ3v) is 3.38. The molecule has 3 N–H and O–H groups in total. The van der Waals surface area contributed by atoms with Crippen molar-refractivity contribution in [2.75, 3.05) is 13.6 Å². The Balaban J connectivity index is 1.92. The quantitative estimate of drug-likeness (QED) is 0.601. The van der Waals surface area contributed by atoms with Crippen LogP contribution in [-0.4, -0.2) is 24.3 Å². The summed E-state index contributed by atoms with van der Waals surface area (Å²) in [5.74, 6) is 0.269. The van der Waals surface area contributed by atoms with Gasteiger partial charge in [0.2, 0.25) is 0 Å². The molecule has 1 aromatic carbocycles. The van der Waals surface area contributed by atoms with E-state index in [1.54, 1.807) is 0 Å². The standard InChI is InChI=1S/C14H21N3/c1-17(8-7-14(15)16)10-11-5-6-12-3-2-4-13(12)9-11/h5-6,9H,2-4,7-8,10H2,1H3,(H3,15,16). The van der Waals surface area contributed by atoms with Gasteiger partial charge in [-0.1, -0.05) is 18.2 Å². The van der Waals surface area contributed by atoms with Gasteiger partial charge in [-0.3, -0.25) is 5.41 Å². The van der Waals surface area contributed by atoms with Crippen LogP contribution >= 0.6 is 0 Å². The maximum atomic E-state index is 7.22. The molecular weight excluding hydrogens is 210 g/mol. The highest BCUT2D eigenvalue weighted by atomic mass is 15.1. The summed E-state index contributed by atoms with van der Waals surface area (Å²) < 4.78 is 0. The first-order valence-electron chi connectivity index (χ1n) is 6.27. The summed E-state index contributed by atoms with van der Waals surface area (Å²) in [6, 6.07) is 6.84. The maximum absolute atomic E-state index is 7.22. The number of hydrogen-bond acceptors (Lipinski definition) is 2. The largest absolute Gasteiger partial charge is 0.388 e. The number of hydrogen-bond donors (Lipinski definition) is 2. The molecule has 92 valence electrons. The number of nitrogens with two attached hydrogens (primary N) is 1. The number of nitrogens with zero attached hydrogens (tertiary/aromatic N) is 1. The van der Waals surface area contributed by atoms with E-state index in [1.807, 2.05) is 0 Å². The van der Waals surface area contributed by atoms with Gasteiger partial charge in [0.1, 0.15) is 0 Å². The molecule has 0 atom stereocenters. The van der Waals surface area contributed by atoms with Crippen LogP contribution in [0.3, 0.4) is 0 Å². The van der Waals surface area contributed by atoms with E-state index >= 15 is 0 Å². The number of nitrogens with one attached hydrogen (secondary N) is 1. The smallest absolute Gasteiger partial charge is 0.0918 e. The lowest BCUT2D eigenvalue weighted by Gasteiger charge is -2.16. The van der Waals surface area contributed by atoms with Crippen molar-refractivity contribution in [3.8, 4) is 0 Å². The van der Waals surface area contributed by atoms with Crippen LogP contribution in [0.5, 0.6) is 0 Å². The van der Waals surface area contributed by atoms with Crippen LogP contribution in [0, 0.1) is 5.41 Å². The van der Waals surface area contributed by atoms with Crippen molar-refractivity contribution in [3.63, 3.8) is 0 Å². The zero-order chi connectivity index (χ0) is 12.3. The Kier molecular flexibility index (Phi) is 3.79. The maximum Gasteiger partial charge on any atom is 0.0918 e. The molecule has 0 spiro atoms. The molecule has 17 heavy (non-hydrogen) atoms. The number of benzene rings is 1. The van der Waals surface area contributed by atoms with Crippen LogP contribution < -0.4 is 5.73 Å². The first kappa shape index (κ1) is 12.1. The van der Waals surface area contributed by atoms with E-state index < -0.39 is 0 Å². The zero-order valence-corrected chi connectivity index (χ0v) is 10.5. The molecule has 0 fully saturated rings. The number of aryl methyl sites for hydroxylation is 2. The van der Waals surface area contributed by atoms with Crippen LogP contribution in [0.1, 0.15) is 29.5 Å². The van der Waals surface area contributed by atoms with Crippen molar-refractivity contribution in [1.29, 1.82) is 5.41 Å². The molecule has 0 heterocycles. The van der Waals surface area contributed by atoms with E-state index in [0.717, 1.165) is 13.1 Å². The van der Waals surface area contributed by atoms with Gasteiger partial charge in [0.15, 0.2) is 0 Å². The van der Waals surface area contributed by atoms with Gasteiger partial charge < -0.3 is 10.6 Å². The van der Waals surface area contributed by atoms with Crippen LogP contribution in [0.25, 0.3) is 0 Å². The minimum Gasteiger partial charge on any atom is -0.388 e. The van der Waals surface area contributed by atoms with Crippen LogP contribution in [0.4, 0.5) is 0 Å². The van der Waals surface area contributed by atoms with Crippen LogP contribution in [-0.2, 0) is 19.4 Å². The van der Waals surface area contributed by atoms with Crippen molar-refractivity contribution < 1.29 is 0 Å². The predicted molar refractivity (Wildman–Crippen MR) is 71.3 cm³/mol. The van der Waals surface area contributed by atoms with E-state index in [-0.39, 0.29) is 5.84 Å². The lowest BCUT2D eigenvalue weighted by molar-refractivity contribution is 0.336. The second-order valence-corrected chi connectivity index (χ2v) is 4.97. The van der Waals surface area contributed by atoms with E-state index in [0.29, 0.717) is 6.42 Å². The fourth-order valence-corrected chi connectivity index (χ4v) is 2.43. The molecule has 0 amide bonds. The van der Waals surface area contributed by atoms with E-state index in [4.69, 9.17) is 11.1 Å². The van der Waals surface area contributed by atoms with Crippen molar-refractivity contribution in [2.24, 2.45) is 5.73 Å². The number of fused-ring (bicyclic) bond motifs is 1. The minimum absolute atomic E-state index is 0.269. The highest BCUT2D eigenvalue weighted by Crippen LogP contribution is 2.23. The molecular formula is C14H21N3. The Morgan fingerprint density at radius 2 is 2.12 bits per heavy atom. The summed E-state index contributed by atoms with van der Waals surface area (Å²) in [7, 11) is 2.08. The molecule has 0 saturated heterocycles. The average molecular weight is 231 g/mol. The third kappa shape index (κ3) is 3.30. The van der Waals surface area contributed by atoms with Crippen molar-refractivity contribution >= 4 is 5.84 Å². The molecule has 1 aliphatic carbocycles. The van der Waals surface area contributed by atoms with E-state index in [2.05, 4.69) is 30.1 Å². The SMILES string of the molecule is CN(CCC(=N)N)Cc1ccc2c(c1)CCC2. The van der Waals surface area contributed by atoms with Crippen LogP contribution in [0.2, 0.25) is 0 Å². The summed E-state index contributed by atoms with van der Waals surface area (Å²) >= 11 is 0. The van der Waals surface area contributed by atoms with Crippen molar-refractivity contribution in [2.45, 2.75) is 32.2 Å². The Hall–Kier alpha value is -1.35. The highest BCUT2D eigenvalue weighted by molar-refractivity contribution is 5.76. The number of rotatable bonds is 5. The Morgan fingerprint density at radius 3 is 2.88 bits per heavy atom. The topological polar surface area (TPSA) is 53.1 Å². The fourth-order valence-electron chi connectivity index (χ4n) is 2.43. The predicted octanol–water partition coefficient (Wildman–Crippen LogP) is 1.93. The molecule has 0 aromatic heterocycles. The lowest BCUT2D eigenvalue weighted by atomic mass is 10.1. The fraction of sp³-hybridized carbons (Fsp3) is 0.500. The van der Waals surface area contributed by atoms with Gasteiger partial charge in [0.25, 0.3) is 0 Å². The van der Waals surface area contributed by atoms with Crippen molar-refractivity contribution in [1.82, 2.24) is 4.90 Å². The molecule has 0 aliphatic heterocycles. The van der Waals surface area contributed by atoms with Gasteiger partial charge in [-0.05, 0) is 43.0 Å². The molecule has 0 radical (unpaired) electrons. The molecule has 3 heteroatoms. The Bertz CT molecular complexity index is 412. The molecule has 0 unspecified atom stereocenters. The van der Waals surface area contributed by atoms with Gasteiger partial charge in [-0.2, -0.15) is 0 Å². The number of amidine groups is 1. The third-order valence-electron chi connectivity index (χ3n) is 3.38. The van der Waals surface area contributed by atoms with Gasteiger partial charge in [0, 0.05) is 19.5 Å². The Labute approximate surface area is 103 Å². The zero-order valence-electron chi connectivity index (χ0n) is 10.5. The first-order valence-corrected chi connectivity index (χ1v) is 6.27. The summed E-state index contributed by atoms with van der Waals surface area (Å²) in [6.07, 6.45) is 4.44. The molecule has 0 saturated carbocycles. The van der Waals surface area contributed by atoms with E-state index in [9.17, 15) is 0 Å². The normalized spacial score (nSPS) is 14.0. The minimum atomic E-state index is 0.269. The van der Waals surface area contributed by atoms with Gasteiger partial charge in [-0.25, -0.2) is 0 Å². The second-order valence-electron chi connectivity index (χ2n) is 4.97. The monoisotopic (exact) mass is 231 g/mol. The summed E-state index contributed by atoms with van der Waals surface area (Å²) in [6.45, 7) is 1.80. The highest BCUT2D eigenvalue weighted by Gasteiger charge is 2.11. The Morgan fingerprint density at radius 1 is 1.35 bits per heavy atom. The molecule has 3 nitrogen and oxygen atoms in total. The van der Waals surface area contributed by atoms with Gasteiger partial charge >= 0.3 is 0 Å². The molecule has 1 aromatic rings. The molecule has 2 rings (SSSR count). The summed E-state index contributed by atoms with van der Waals surface area (Å²) in [5.41, 5.74) is 9.79. The molecule has 1 aliphatic rings. The van der Waals surface area contributed by atoms with Gasteiger partial charge in [-0.15, -0.1) is 0 Å². The van der Waals surface area contributed by atoms with Crippen LogP contribution in [0.15, 0.2) is 18.2 Å². The first-order chi connectivity index (χ1) is 8.15. The van der Waals surface area contributed by atoms with Gasteiger partial charge in [0.05, 0.1) is 5.84 Å². The lowest BCUT2D eigenvalue weighted by Crippen LogP contribution is -2.23. The average Bonchev–Trinajstić information content (AvgIpc) is 2.73. The molecule has 0 bridgehead atoms. The summed E-state index contributed by atoms with van der Waals surface area (Å²) in [5, 5.41) is 7.22. The summed E-state index contributed by atoms with van der Waals surface area (Å²) in [4.78, 5) is 2.22. The van der Waals surface area contributed by atoms with E-state index in [1.165, 1.54) is 36.0 Å². The van der Waals surface area contributed by atoms with Crippen molar-refractivity contribution in [3.05, 3.63) is 34.9 Å².